The zero-order valence-corrected chi connectivity index (χ0v) is 16.1. The number of aryl methyl sites for hydroxylation is 1. The molecule has 1 fully saturated rings. The zero-order chi connectivity index (χ0) is 18.8. The standard InChI is InChI=1S/C18H23N5O3S/c1-11-9-14(22-26-11)16(24)21-17-20-13-7-8-23(10-15(13)27-17)18(25)19-12-5-3-2-4-6-12/h9,12H,2-8,10H2,1H3,(H,19,25)(H,20,21,24). The molecule has 2 N–H and O–H groups in total. The largest absolute Gasteiger partial charge is 0.361 e. The Morgan fingerprint density at radius 1 is 1.30 bits per heavy atom. The number of carbonyl (C=O) groups is 2. The van der Waals surface area contributed by atoms with Crippen LogP contribution in [0.25, 0.3) is 0 Å². The van der Waals surface area contributed by atoms with Crippen molar-refractivity contribution in [2.45, 2.75) is 58.0 Å². The summed E-state index contributed by atoms with van der Waals surface area (Å²) in [7, 11) is 0. The Balaban J connectivity index is 1.37. The molecule has 4 rings (SSSR count). The molecule has 0 bridgehead atoms. The highest BCUT2D eigenvalue weighted by Gasteiger charge is 2.26. The van der Waals surface area contributed by atoms with Gasteiger partial charge in [0.1, 0.15) is 5.76 Å². The molecule has 1 aliphatic carbocycles. The van der Waals surface area contributed by atoms with Gasteiger partial charge in [0.25, 0.3) is 5.91 Å². The molecular formula is C18H23N5O3S. The summed E-state index contributed by atoms with van der Waals surface area (Å²) in [5.41, 5.74) is 1.18. The van der Waals surface area contributed by atoms with Crippen LogP contribution < -0.4 is 10.6 Å². The number of anilines is 1. The molecule has 0 spiro atoms. The van der Waals surface area contributed by atoms with E-state index in [0.29, 0.717) is 36.4 Å². The second-order valence-electron chi connectivity index (χ2n) is 7.12. The Morgan fingerprint density at radius 3 is 2.85 bits per heavy atom. The van der Waals surface area contributed by atoms with Crippen molar-refractivity contribution in [1.82, 2.24) is 20.4 Å². The molecule has 0 saturated heterocycles. The third-order valence-corrected chi connectivity index (χ3v) is 6.03. The smallest absolute Gasteiger partial charge is 0.317 e. The lowest BCUT2D eigenvalue weighted by Gasteiger charge is -2.30. The summed E-state index contributed by atoms with van der Waals surface area (Å²) >= 11 is 1.41. The second kappa shape index (κ2) is 7.67. The minimum atomic E-state index is -0.343. The number of nitrogens with one attached hydrogen (secondary N) is 2. The molecule has 3 amide bonds. The van der Waals surface area contributed by atoms with Crippen molar-refractivity contribution in [3.05, 3.63) is 28.1 Å². The van der Waals surface area contributed by atoms with Crippen molar-refractivity contribution in [3.63, 3.8) is 0 Å². The van der Waals surface area contributed by atoms with E-state index in [1.54, 1.807) is 13.0 Å². The third-order valence-electron chi connectivity index (χ3n) is 5.03. The number of hydrogen-bond donors (Lipinski definition) is 2. The number of rotatable bonds is 3. The van der Waals surface area contributed by atoms with E-state index >= 15 is 0 Å². The number of carbonyl (C=O) groups excluding carboxylic acids is 2. The fourth-order valence-corrected chi connectivity index (χ4v) is 4.59. The molecule has 0 unspecified atom stereocenters. The number of aromatic nitrogens is 2. The minimum absolute atomic E-state index is 0.00427. The molecule has 0 atom stereocenters. The van der Waals surface area contributed by atoms with Crippen molar-refractivity contribution >= 4 is 28.4 Å². The molecule has 0 radical (unpaired) electrons. The molecule has 9 heteroatoms. The quantitative estimate of drug-likeness (QED) is 0.840. The van der Waals surface area contributed by atoms with E-state index in [1.165, 1.54) is 30.6 Å². The number of nitrogens with zero attached hydrogens (tertiary/aromatic N) is 3. The molecule has 144 valence electrons. The van der Waals surface area contributed by atoms with E-state index in [2.05, 4.69) is 20.8 Å². The van der Waals surface area contributed by atoms with Gasteiger partial charge in [-0.2, -0.15) is 0 Å². The first-order valence-electron chi connectivity index (χ1n) is 9.37. The van der Waals surface area contributed by atoms with Gasteiger partial charge in [-0.15, -0.1) is 0 Å². The van der Waals surface area contributed by atoms with Crippen LogP contribution in [0.15, 0.2) is 10.6 Å². The fourth-order valence-electron chi connectivity index (χ4n) is 3.57. The first-order valence-corrected chi connectivity index (χ1v) is 10.2. The third kappa shape index (κ3) is 4.13. The molecule has 2 aliphatic rings. The van der Waals surface area contributed by atoms with Gasteiger partial charge in [0.2, 0.25) is 0 Å². The minimum Gasteiger partial charge on any atom is -0.361 e. The van der Waals surface area contributed by atoms with Crippen molar-refractivity contribution < 1.29 is 14.1 Å². The SMILES string of the molecule is Cc1cc(C(=O)Nc2nc3c(s2)CN(C(=O)NC2CCCCC2)CC3)no1. The summed E-state index contributed by atoms with van der Waals surface area (Å²) in [6.45, 7) is 2.91. The van der Waals surface area contributed by atoms with Gasteiger partial charge in [0.05, 0.1) is 12.2 Å². The van der Waals surface area contributed by atoms with Crippen molar-refractivity contribution in [1.29, 1.82) is 0 Å². The highest BCUT2D eigenvalue weighted by molar-refractivity contribution is 7.15. The average molecular weight is 389 g/mol. The van der Waals surface area contributed by atoms with Gasteiger partial charge in [0.15, 0.2) is 10.8 Å². The lowest BCUT2D eigenvalue weighted by atomic mass is 9.96. The summed E-state index contributed by atoms with van der Waals surface area (Å²) in [6, 6.07) is 1.89. The van der Waals surface area contributed by atoms with Crippen LogP contribution in [0.3, 0.4) is 0 Å². The summed E-state index contributed by atoms with van der Waals surface area (Å²) in [5, 5.41) is 10.2. The Hall–Kier alpha value is -2.42. The van der Waals surface area contributed by atoms with Crippen LogP contribution in [0.2, 0.25) is 0 Å². The normalized spacial score (nSPS) is 17.4. The van der Waals surface area contributed by atoms with E-state index in [1.807, 2.05) is 4.90 Å². The van der Waals surface area contributed by atoms with Gasteiger partial charge in [-0.1, -0.05) is 35.8 Å². The van der Waals surface area contributed by atoms with E-state index in [-0.39, 0.29) is 17.6 Å². The van der Waals surface area contributed by atoms with Gasteiger partial charge in [-0.25, -0.2) is 9.78 Å². The van der Waals surface area contributed by atoms with Crippen molar-refractivity contribution in [2.75, 3.05) is 11.9 Å². The molecule has 1 aliphatic heterocycles. The molecule has 1 saturated carbocycles. The summed E-state index contributed by atoms with van der Waals surface area (Å²) in [6.07, 6.45) is 6.49. The number of thiazole rings is 1. The fraction of sp³-hybridized carbons (Fsp3) is 0.556. The van der Waals surface area contributed by atoms with Crippen LogP contribution >= 0.6 is 11.3 Å². The van der Waals surface area contributed by atoms with Crippen LogP contribution in [-0.4, -0.2) is 39.6 Å². The van der Waals surface area contributed by atoms with Crippen LogP contribution in [-0.2, 0) is 13.0 Å². The maximum atomic E-state index is 12.6. The molecule has 0 aromatic carbocycles. The number of hydrogen-bond acceptors (Lipinski definition) is 6. The molecule has 2 aromatic rings. The van der Waals surface area contributed by atoms with E-state index in [4.69, 9.17) is 4.52 Å². The lowest BCUT2D eigenvalue weighted by Crippen LogP contribution is -2.47. The van der Waals surface area contributed by atoms with Crippen LogP contribution in [0.1, 0.15) is 58.9 Å². The van der Waals surface area contributed by atoms with E-state index < -0.39 is 0 Å². The maximum absolute atomic E-state index is 12.6. The molecule has 2 aromatic heterocycles. The Labute approximate surface area is 161 Å². The van der Waals surface area contributed by atoms with E-state index in [9.17, 15) is 9.59 Å². The van der Waals surface area contributed by atoms with E-state index in [0.717, 1.165) is 23.4 Å². The maximum Gasteiger partial charge on any atom is 0.317 e. The Bertz CT molecular complexity index is 840. The summed E-state index contributed by atoms with van der Waals surface area (Å²) in [4.78, 5) is 32.1. The molecule has 3 heterocycles. The highest BCUT2D eigenvalue weighted by Crippen LogP contribution is 2.29. The van der Waals surface area contributed by atoms with Gasteiger partial charge in [-0.05, 0) is 19.8 Å². The molecular weight excluding hydrogens is 366 g/mol. The average Bonchev–Trinajstić information content (AvgIpc) is 3.27. The summed E-state index contributed by atoms with van der Waals surface area (Å²) < 4.78 is 4.93. The summed E-state index contributed by atoms with van der Waals surface area (Å²) in [5.74, 6) is 0.239. The topological polar surface area (TPSA) is 100 Å². The van der Waals surface area contributed by atoms with Crippen molar-refractivity contribution in [3.8, 4) is 0 Å². The monoisotopic (exact) mass is 389 g/mol. The highest BCUT2D eigenvalue weighted by atomic mass is 32.1. The van der Waals surface area contributed by atoms with Crippen LogP contribution in [0.5, 0.6) is 0 Å². The van der Waals surface area contributed by atoms with Gasteiger partial charge in [-0.3, -0.25) is 10.1 Å². The van der Waals surface area contributed by atoms with Crippen LogP contribution in [0, 0.1) is 6.92 Å². The molecule has 8 nitrogen and oxygen atoms in total. The molecule has 27 heavy (non-hydrogen) atoms. The predicted molar refractivity (Wildman–Crippen MR) is 101 cm³/mol. The lowest BCUT2D eigenvalue weighted by molar-refractivity contribution is 0.101. The predicted octanol–water partition coefficient (Wildman–Crippen LogP) is 3.09. The Morgan fingerprint density at radius 2 is 2.11 bits per heavy atom. The number of fused-ring (bicyclic) bond motifs is 1. The van der Waals surface area contributed by atoms with Gasteiger partial charge >= 0.3 is 6.03 Å². The second-order valence-corrected chi connectivity index (χ2v) is 8.21. The number of amides is 3. The Kier molecular flexibility index (Phi) is 5.11. The van der Waals surface area contributed by atoms with Crippen molar-refractivity contribution in [2.24, 2.45) is 0 Å². The zero-order valence-electron chi connectivity index (χ0n) is 15.3. The van der Waals surface area contributed by atoms with Gasteiger partial charge in [0, 0.05) is 30.0 Å². The first kappa shape index (κ1) is 18.0. The first-order chi connectivity index (χ1) is 13.1. The van der Waals surface area contributed by atoms with Gasteiger partial charge < -0.3 is 14.7 Å². The van der Waals surface area contributed by atoms with Crippen LogP contribution in [0.4, 0.5) is 9.93 Å². The number of urea groups is 1.